The zero-order valence-electron chi connectivity index (χ0n) is 14.3. The van der Waals surface area contributed by atoms with Crippen LogP contribution in [0.3, 0.4) is 0 Å². The second kappa shape index (κ2) is 7.19. The van der Waals surface area contributed by atoms with Gasteiger partial charge in [-0.05, 0) is 37.6 Å². The standard InChI is InChI=1S/C18H19N5OS.ClH/c1-18(24)5-7-23(11-18)16-4-2-3-13(22-16)14-9-12(19)10-15(21-14)17-20-6-8-25-17;/h2-4,6,8-10,24H,5,7,11H2,1H3,(H2,19,21);1H/t18-;/m1./s1. The fourth-order valence-electron chi connectivity index (χ4n) is 3.03. The first-order valence-corrected chi connectivity index (χ1v) is 9.00. The van der Waals surface area contributed by atoms with Crippen LogP contribution in [0.5, 0.6) is 0 Å². The van der Waals surface area contributed by atoms with Gasteiger partial charge < -0.3 is 15.7 Å². The minimum atomic E-state index is -0.662. The normalized spacial score (nSPS) is 19.4. The lowest BCUT2D eigenvalue weighted by molar-refractivity contribution is 0.0839. The molecule has 4 rings (SSSR count). The molecule has 1 saturated heterocycles. The van der Waals surface area contributed by atoms with E-state index in [1.165, 1.54) is 11.3 Å². The average molecular weight is 390 g/mol. The fraction of sp³-hybridized carbons (Fsp3) is 0.278. The first-order chi connectivity index (χ1) is 12.0. The van der Waals surface area contributed by atoms with Crippen LogP contribution in [0, 0.1) is 0 Å². The summed E-state index contributed by atoms with van der Waals surface area (Å²) in [5.41, 5.74) is 8.26. The zero-order valence-corrected chi connectivity index (χ0v) is 15.9. The maximum atomic E-state index is 10.2. The van der Waals surface area contributed by atoms with E-state index in [0.29, 0.717) is 12.2 Å². The largest absolute Gasteiger partial charge is 0.399 e. The van der Waals surface area contributed by atoms with Gasteiger partial charge in [-0.2, -0.15) is 0 Å². The Bertz CT molecular complexity index is 900. The SMILES string of the molecule is C[C@@]1(O)CCN(c2cccc(-c3cc(N)cc(-c4nccs4)n3)n2)C1.Cl. The second-order valence-electron chi connectivity index (χ2n) is 6.56. The van der Waals surface area contributed by atoms with Gasteiger partial charge in [-0.25, -0.2) is 15.0 Å². The molecule has 4 heterocycles. The van der Waals surface area contributed by atoms with Gasteiger partial charge in [-0.3, -0.25) is 0 Å². The van der Waals surface area contributed by atoms with Crippen LogP contribution in [-0.4, -0.2) is 38.7 Å². The third-order valence-electron chi connectivity index (χ3n) is 4.27. The van der Waals surface area contributed by atoms with Crippen molar-refractivity contribution in [2.45, 2.75) is 18.9 Å². The highest BCUT2D eigenvalue weighted by atomic mass is 35.5. The number of anilines is 2. The molecule has 1 atom stereocenters. The second-order valence-corrected chi connectivity index (χ2v) is 7.45. The van der Waals surface area contributed by atoms with Crippen LogP contribution < -0.4 is 10.6 Å². The summed E-state index contributed by atoms with van der Waals surface area (Å²) in [6.45, 7) is 3.23. The Labute approximate surface area is 162 Å². The minimum absolute atomic E-state index is 0. The van der Waals surface area contributed by atoms with Crippen molar-refractivity contribution in [3.05, 3.63) is 41.9 Å². The summed E-state index contributed by atoms with van der Waals surface area (Å²) in [7, 11) is 0. The van der Waals surface area contributed by atoms with Crippen LogP contribution in [0.2, 0.25) is 0 Å². The zero-order chi connectivity index (χ0) is 17.4. The molecule has 8 heteroatoms. The third-order valence-corrected chi connectivity index (χ3v) is 5.07. The van der Waals surface area contributed by atoms with Gasteiger partial charge in [0.1, 0.15) is 16.5 Å². The van der Waals surface area contributed by atoms with E-state index >= 15 is 0 Å². The maximum absolute atomic E-state index is 10.2. The predicted octanol–water partition coefficient (Wildman–Crippen LogP) is 3.23. The van der Waals surface area contributed by atoms with Gasteiger partial charge in [-0.15, -0.1) is 23.7 Å². The van der Waals surface area contributed by atoms with Crippen molar-refractivity contribution in [2.24, 2.45) is 0 Å². The Kier molecular flexibility index (Phi) is 5.13. The summed E-state index contributed by atoms with van der Waals surface area (Å²) in [5, 5.41) is 12.9. The van der Waals surface area contributed by atoms with Crippen LogP contribution in [-0.2, 0) is 0 Å². The monoisotopic (exact) mass is 389 g/mol. The van der Waals surface area contributed by atoms with Crippen molar-refractivity contribution in [1.29, 1.82) is 0 Å². The number of aliphatic hydroxyl groups is 1. The summed E-state index contributed by atoms with van der Waals surface area (Å²) in [5.74, 6) is 0.843. The number of aromatic nitrogens is 3. The number of hydrogen-bond donors (Lipinski definition) is 2. The van der Waals surface area contributed by atoms with Crippen molar-refractivity contribution in [3.63, 3.8) is 0 Å². The average Bonchev–Trinajstić information content (AvgIpc) is 3.24. The van der Waals surface area contributed by atoms with E-state index in [1.54, 1.807) is 6.20 Å². The van der Waals surface area contributed by atoms with Crippen LogP contribution in [0.4, 0.5) is 11.5 Å². The van der Waals surface area contributed by atoms with Gasteiger partial charge >= 0.3 is 0 Å². The van der Waals surface area contributed by atoms with E-state index in [1.807, 2.05) is 42.6 Å². The lowest BCUT2D eigenvalue weighted by Crippen LogP contribution is -2.30. The van der Waals surface area contributed by atoms with E-state index in [4.69, 9.17) is 10.7 Å². The van der Waals surface area contributed by atoms with E-state index < -0.39 is 5.60 Å². The molecule has 3 N–H and O–H groups in total. The Morgan fingerprint density at radius 1 is 1.19 bits per heavy atom. The predicted molar refractivity (Wildman–Crippen MR) is 108 cm³/mol. The topological polar surface area (TPSA) is 88.2 Å². The Morgan fingerprint density at radius 3 is 2.69 bits per heavy atom. The molecule has 3 aromatic heterocycles. The van der Waals surface area contributed by atoms with Gasteiger partial charge in [0.15, 0.2) is 0 Å². The minimum Gasteiger partial charge on any atom is -0.399 e. The van der Waals surface area contributed by atoms with Gasteiger partial charge in [0.2, 0.25) is 0 Å². The van der Waals surface area contributed by atoms with Crippen molar-refractivity contribution < 1.29 is 5.11 Å². The van der Waals surface area contributed by atoms with Crippen molar-refractivity contribution >= 4 is 35.2 Å². The number of nitrogens with zero attached hydrogens (tertiary/aromatic N) is 4. The van der Waals surface area contributed by atoms with E-state index in [0.717, 1.165) is 40.9 Å². The molecule has 0 aromatic carbocycles. The third kappa shape index (κ3) is 3.80. The molecule has 26 heavy (non-hydrogen) atoms. The molecule has 0 unspecified atom stereocenters. The number of hydrogen-bond acceptors (Lipinski definition) is 7. The molecular weight excluding hydrogens is 370 g/mol. The number of rotatable bonds is 3. The highest BCUT2D eigenvalue weighted by Crippen LogP contribution is 2.29. The number of halogens is 1. The number of pyridine rings is 2. The van der Waals surface area contributed by atoms with Crippen LogP contribution in [0.15, 0.2) is 41.9 Å². The Hall–Kier alpha value is -2.22. The van der Waals surface area contributed by atoms with Crippen LogP contribution in [0.25, 0.3) is 22.1 Å². The summed E-state index contributed by atoms with van der Waals surface area (Å²) in [6.07, 6.45) is 2.49. The van der Waals surface area contributed by atoms with E-state index in [-0.39, 0.29) is 12.4 Å². The first-order valence-electron chi connectivity index (χ1n) is 8.12. The highest BCUT2D eigenvalue weighted by Gasteiger charge is 2.32. The fourth-order valence-corrected chi connectivity index (χ4v) is 3.62. The quantitative estimate of drug-likeness (QED) is 0.715. The molecule has 0 saturated carbocycles. The van der Waals surface area contributed by atoms with Gasteiger partial charge in [0.05, 0.1) is 17.0 Å². The van der Waals surface area contributed by atoms with Crippen molar-refractivity contribution in [2.75, 3.05) is 23.7 Å². The van der Waals surface area contributed by atoms with Crippen molar-refractivity contribution in [1.82, 2.24) is 15.0 Å². The van der Waals surface area contributed by atoms with E-state index in [9.17, 15) is 5.11 Å². The lowest BCUT2D eigenvalue weighted by atomic mass is 10.1. The number of β-amino-alcohol motifs (C(OH)–C–C–N with tert-alkyl or cyclic N) is 1. The molecule has 1 aliphatic rings. The van der Waals surface area contributed by atoms with E-state index in [2.05, 4.69) is 14.9 Å². The maximum Gasteiger partial charge on any atom is 0.141 e. The molecule has 1 aliphatic heterocycles. The molecule has 0 spiro atoms. The molecule has 3 aromatic rings. The Morgan fingerprint density at radius 2 is 2.00 bits per heavy atom. The first kappa shape index (κ1) is 18.6. The molecule has 6 nitrogen and oxygen atoms in total. The molecule has 0 aliphatic carbocycles. The van der Waals surface area contributed by atoms with Crippen LogP contribution in [0.1, 0.15) is 13.3 Å². The summed E-state index contributed by atoms with van der Waals surface area (Å²) in [4.78, 5) is 15.8. The number of nitrogen functional groups attached to an aromatic ring is 1. The summed E-state index contributed by atoms with van der Waals surface area (Å²) >= 11 is 1.53. The Balaban J connectivity index is 0.00000196. The number of nitrogens with two attached hydrogens (primary N) is 1. The smallest absolute Gasteiger partial charge is 0.141 e. The highest BCUT2D eigenvalue weighted by molar-refractivity contribution is 7.13. The molecule has 1 fully saturated rings. The van der Waals surface area contributed by atoms with Gasteiger partial charge in [-0.1, -0.05) is 6.07 Å². The van der Waals surface area contributed by atoms with Crippen LogP contribution >= 0.6 is 23.7 Å². The lowest BCUT2D eigenvalue weighted by Gasteiger charge is -2.20. The van der Waals surface area contributed by atoms with Gasteiger partial charge in [0.25, 0.3) is 0 Å². The molecule has 0 radical (unpaired) electrons. The molecule has 0 bridgehead atoms. The molecule has 0 amide bonds. The summed E-state index contributed by atoms with van der Waals surface area (Å²) < 4.78 is 0. The molecular formula is C18H20ClN5OS. The van der Waals surface area contributed by atoms with Gasteiger partial charge in [0, 0.05) is 30.4 Å². The van der Waals surface area contributed by atoms with Crippen molar-refractivity contribution in [3.8, 4) is 22.1 Å². The molecule has 136 valence electrons. The number of thiazole rings is 1. The summed E-state index contributed by atoms with van der Waals surface area (Å²) in [6, 6.07) is 9.48.